The number of ether oxygens (including phenoxy) is 2. The second kappa shape index (κ2) is 12.2. The van der Waals surface area contributed by atoms with Gasteiger partial charge in [-0.1, -0.05) is 6.07 Å². The summed E-state index contributed by atoms with van der Waals surface area (Å²) in [6, 6.07) is 5.55. The molecule has 1 N–H and O–H groups in total. The van der Waals surface area contributed by atoms with Crippen LogP contribution in [-0.2, 0) is 11.3 Å². The Labute approximate surface area is 219 Å². The number of fused-ring (bicyclic) bond motifs is 1. The lowest BCUT2D eigenvalue weighted by molar-refractivity contribution is -0.119. The molecule has 0 radical (unpaired) electrons. The van der Waals surface area contributed by atoms with Crippen molar-refractivity contribution in [1.29, 1.82) is 0 Å². The molecule has 1 aromatic heterocycles. The highest BCUT2D eigenvalue weighted by molar-refractivity contribution is 5.80. The Morgan fingerprint density at radius 2 is 1.77 bits per heavy atom. The number of phenols is 1. The topological polar surface area (TPSA) is 103 Å². The fraction of sp³-hybridized carbons (Fsp3) is 0.423. The average Bonchev–Trinajstić information content (AvgIpc) is 2.95. The summed E-state index contributed by atoms with van der Waals surface area (Å²) >= 11 is 0. The molecule has 9 nitrogen and oxygen atoms in total. The number of aromatic nitrogens is 2. The number of phenolic OH excluding ortho intramolecular Hbond substituents is 1. The van der Waals surface area contributed by atoms with Crippen molar-refractivity contribution in [1.82, 2.24) is 14.0 Å². The zero-order valence-corrected chi connectivity index (χ0v) is 20.8. The molecule has 3 aromatic rings. The van der Waals surface area contributed by atoms with E-state index in [9.17, 15) is 37.1 Å². The number of benzene rings is 2. The van der Waals surface area contributed by atoms with E-state index in [0.717, 1.165) is 16.7 Å². The van der Waals surface area contributed by atoms with Gasteiger partial charge in [0.2, 0.25) is 6.41 Å². The van der Waals surface area contributed by atoms with Crippen LogP contribution in [0.2, 0.25) is 0 Å². The number of aromatic hydroxyl groups is 1. The second-order valence-corrected chi connectivity index (χ2v) is 9.10. The summed E-state index contributed by atoms with van der Waals surface area (Å²) < 4.78 is 66.1. The van der Waals surface area contributed by atoms with Gasteiger partial charge in [-0.15, -0.1) is 0 Å². The number of piperidine rings is 1. The first-order valence-corrected chi connectivity index (χ1v) is 12.3. The minimum Gasteiger partial charge on any atom is -0.504 e. The predicted octanol–water partition coefficient (Wildman–Crippen LogP) is 2.88. The molecule has 0 spiro atoms. The van der Waals surface area contributed by atoms with Crippen molar-refractivity contribution in [2.75, 3.05) is 39.7 Å². The Bertz CT molecular complexity index is 1450. The van der Waals surface area contributed by atoms with Crippen LogP contribution in [0.1, 0.15) is 24.4 Å². The number of carbonyl (C=O) groups is 1. The molecular weight excluding hydrogens is 526 g/mol. The van der Waals surface area contributed by atoms with Gasteiger partial charge in [-0.05, 0) is 36.6 Å². The van der Waals surface area contributed by atoms with E-state index in [2.05, 4.69) is 0 Å². The molecule has 1 aliphatic heterocycles. The van der Waals surface area contributed by atoms with E-state index in [0.29, 0.717) is 37.9 Å². The van der Waals surface area contributed by atoms with Crippen LogP contribution in [0.25, 0.3) is 10.9 Å². The van der Waals surface area contributed by atoms with E-state index in [1.54, 1.807) is 0 Å². The first kappa shape index (κ1) is 28.0. The van der Waals surface area contributed by atoms with Gasteiger partial charge in [-0.2, -0.15) is 0 Å². The van der Waals surface area contributed by atoms with Gasteiger partial charge in [-0.25, -0.2) is 22.4 Å². The molecule has 1 amide bonds. The van der Waals surface area contributed by atoms with Crippen LogP contribution in [0.15, 0.2) is 39.9 Å². The number of halogens is 4. The molecule has 0 aliphatic carbocycles. The predicted molar refractivity (Wildman–Crippen MR) is 133 cm³/mol. The smallest absolute Gasteiger partial charge is 0.332 e. The molecule has 0 bridgehead atoms. The van der Waals surface area contributed by atoms with E-state index in [1.165, 1.54) is 27.7 Å². The molecule has 13 heteroatoms. The SMILES string of the molecule is O=CN1CCC(n2c(=O)n(Cc3ccc(O)c(OCCF)c3)c(=O)c3cc(OC(CF)CF)c(F)cc32)CC1. The van der Waals surface area contributed by atoms with E-state index in [-0.39, 0.29) is 35.6 Å². The lowest BCUT2D eigenvalue weighted by atomic mass is 10.0. The zero-order chi connectivity index (χ0) is 28.1. The third-order valence-corrected chi connectivity index (χ3v) is 6.57. The average molecular weight is 554 g/mol. The maximum atomic E-state index is 15.0. The van der Waals surface area contributed by atoms with Crippen molar-refractivity contribution in [3.05, 3.63) is 62.6 Å². The fourth-order valence-corrected chi connectivity index (χ4v) is 4.60. The van der Waals surface area contributed by atoms with Gasteiger partial charge in [-0.3, -0.25) is 18.7 Å². The molecule has 1 saturated heterocycles. The standard InChI is InChI=1S/C26H27F4N3O6/c27-5-8-38-24-9-16(1-2-22(24)35)14-32-25(36)19-10-23(39-18(12-28)13-29)20(30)11-21(19)33(26(32)37)17-3-6-31(15-34)7-4-17/h1-2,9-11,15,17-18,35H,3-8,12-14H2. The summed E-state index contributed by atoms with van der Waals surface area (Å²) in [5.74, 6) is -1.84. The fourth-order valence-electron chi connectivity index (χ4n) is 4.60. The third kappa shape index (κ3) is 5.86. The Kier molecular flexibility index (Phi) is 8.77. The molecular formula is C26H27F4N3O6. The number of hydrogen-bond donors (Lipinski definition) is 1. The van der Waals surface area contributed by atoms with Crippen molar-refractivity contribution in [2.45, 2.75) is 31.5 Å². The van der Waals surface area contributed by atoms with E-state index in [4.69, 9.17) is 9.47 Å². The van der Waals surface area contributed by atoms with Crippen LogP contribution in [0.4, 0.5) is 17.6 Å². The maximum absolute atomic E-state index is 15.0. The van der Waals surface area contributed by atoms with Crippen molar-refractivity contribution < 1.29 is 36.9 Å². The molecule has 39 heavy (non-hydrogen) atoms. The van der Waals surface area contributed by atoms with Gasteiger partial charge < -0.3 is 19.5 Å². The number of rotatable bonds is 11. The summed E-state index contributed by atoms with van der Waals surface area (Å²) in [7, 11) is 0. The number of likely N-dealkylation sites (tertiary alicyclic amines) is 1. The molecule has 210 valence electrons. The van der Waals surface area contributed by atoms with Gasteiger partial charge in [0, 0.05) is 25.2 Å². The highest BCUT2D eigenvalue weighted by Gasteiger charge is 2.26. The molecule has 4 rings (SSSR count). The normalized spacial score (nSPS) is 14.2. The van der Waals surface area contributed by atoms with Crippen LogP contribution in [0.5, 0.6) is 17.2 Å². The molecule has 1 fully saturated rings. The summed E-state index contributed by atoms with van der Waals surface area (Å²) in [4.78, 5) is 40.0. The molecule has 2 heterocycles. The zero-order valence-electron chi connectivity index (χ0n) is 20.8. The van der Waals surface area contributed by atoms with Crippen LogP contribution in [0.3, 0.4) is 0 Å². The van der Waals surface area contributed by atoms with Crippen LogP contribution < -0.4 is 20.7 Å². The first-order chi connectivity index (χ1) is 18.8. The largest absolute Gasteiger partial charge is 0.504 e. The minimum absolute atomic E-state index is 0.0228. The van der Waals surface area contributed by atoms with Gasteiger partial charge in [0.15, 0.2) is 29.2 Å². The van der Waals surface area contributed by atoms with Crippen molar-refractivity contribution >= 4 is 17.3 Å². The molecule has 1 aliphatic rings. The van der Waals surface area contributed by atoms with E-state index >= 15 is 0 Å². The quantitative estimate of drug-likeness (QED) is 0.290. The Hall–Kier alpha value is -4.03. The molecule has 0 saturated carbocycles. The molecule has 0 unspecified atom stereocenters. The minimum atomic E-state index is -1.57. The van der Waals surface area contributed by atoms with Crippen molar-refractivity contribution in [2.24, 2.45) is 0 Å². The Morgan fingerprint density at radius 1 is 1.05 bits per heavy atom. The summed E-state index contributed by atoms with van der Waals surface area (Å²) in [5.41, 5.74) is -1.20. The van der Waals surface area contributed by atoms with E-state index in [1.807, 2.05) is 0 Å². The molecule has 2 aromatic carbocycles. The third-order valence-electron chi connectivity index (χ3n) is 6.57. The highest BCUT2D eigenvalue weighted by Crippen LogP contribution is 2.29. The lowest BCUT2D eigenvalue weighted by Gasteiger charge is -2.31. The maximum Gasteiger partial charge on any atom is 0.332 e. The van der Waals surface area contributed by atoms with E-state index < -0.39 is 55.0 Å². The number of hydrogen-bond acceptors (Lipinski definition) is 6. The lowest BCUT2D eigenvalue weighted by Crippen LogP contribution is -2.44. The van der Waals surface area contributed by atoms with Crippen LogP contribution in [-0.4, -0.2) is 71.4 Å². The second-order valence-electron chi connectivity index (χ2n) is 9.10. The summed E-state index contributed by atoms with van der Waals surface area (Å²) in [6.45, 7) is -3.15. The van der Waals surface area contributed by atoms with Gasteiger partial charge in [0.1, 0.15) is 26.6 Å². The first-order valence-electron chi connectivity index (χ1n) is 12.3. The number of alkyl halides is 3. The highest BCUT2D eigenvalue weighted by atomic mass is 19.1. The van der Waals surface area contributed by atoms with Gasteiger partial charge >= 0.3 is 5.69 Å². The Morgan fingerprint density at radius 3 is 2.41 bits per heavy atom. The monoisotopic (exact) mass is 553 g/mol. The number of carbonyl (C=O) groups excluding carboxylic acids is 1. The Balaban J connectivity index is 1.87. The van der Waals surface area contributed by atoms with Gasteiger partial charge in [0.25, 0.3) is 5.56 Å². The summed E-state index contributed by atoms with van der Waals surface area (Å²) in [5, 5.41) is 9.87. The van der Waals surface area contributed by atoms with Gasteiger partial charge in [0.05, 0.1) is 17.4 Å². The summed E-state index contributed by atoms with van der Waals surface area (Å²) in [6.07, 6.45) is -0.158. The molecule has 0 atom stereocenters. The van der Waals surface area contributed by atoms with Crippen LogP contribution >= 0.6 is 0 Å². The number of amides is 1. The van der Waals surface area contributed by atoms with Crippen molar-refractivity contribution in [3.8, 4) is 17.2 Å². The number of nitrogens with zero attached hydrogens (tertiary/aromatic N) is 3. The van der Waals surface area contributed by atoms with Crippen molar-refractivity contribution in [3.63, 3.8) is 0 Å². The van der Waals surface area contributed by atoms with Crippen LogP contribution in [0, 0.1) is 5.82 Å².